The number of rotatable bonds is 3. The average Bonchev–Trinajstić information content (AvgIpc) is 2.67. The second-order valence-corrected chi connectivity index (χ2v) is 3.05. The lowest BCUT2D eigenvalue weighted by Gasteiger charge is -1.95. The molecule has 0 aliphatic heterocycles. The zero-order chi connectivity index (χ0) is 9.80. The van der Waals surface area contributed by atoms with Crippen molar-refractivity contribution in [1.82, 2.24) is 9.97 Å². The first kappa shape index (κ1) is 8.97. The summed E-state index contributed by atoms with van der Waals surface area (Å²) >= 11 is 0. The molecule has 0 saturated carbocycles. The highest BCUT2D eigenvalue weighted by atomic mass is 16.2. The van der Waals surface area contributed by atoms with Crippen molar-refractivity contribution >= 4 is 17.1 Å². The Morgan fingerprint density at radius 3 is 3.21 bits per heavy atom. The van der Waals surface area contributed by atoms with Crippen LogP contribution in [-0.2, 0) is 0 Å². The molecule has 14 heavy (non-hydrogen) atoms. The SMILES string of the molecule is OCCC=Cc1ccnc2[nH]ccc12. The van der Waals surface area contributed by atoms with Crippen molar-refractivity contribution in [3.63, 3.8) is 0 Å². The van der Waals surface area contributed by atoms with E-state index in [2.05, 4.69) is 9.97 Å². The number of nitrogens with zero attached hydrogens (tertiary/aromatic N) is 1. The molecule has 2 N–H and O–H groups in total. The van der Waals surface area contributed by atoms with Crippen LogP contribution in [0.5, 0.6) is 0 Å². The summed E-state index contributed by atoms with van der Waals surface area (Å²) in [6.45, 7) is 0.192. The third-order valence-electron chi connectivity index (χ3n) is 2.09. The highest BCUT2D eigenvalue weighted by Crippen LogP contribution is 2.16. The van der Waals surface area contributed by atoms with Crippen LogP contribution in [0.2, 0.25) is 0 Å². The van der Waals surface area contributed by atoms with E-state index in [9.17, 15) is 0 Å². The van der Waals surface area contributed by atoms with Gasteiger partial charge in [-0.1, -0.05) is 12.2 Å². The van der Waals surface area contributed by atoms with Crippen LogP contribution in [0.15, 0.2) is 30.6 Å². The van der Waals surface area contributed by atoms with Gasteiger partial charge in [-0.2, -0.15) is 0 Å². The van der Waals surface area contributed by atoms with E-state index in [1.165, 1.54) is 0 Å². The molecule has 2 heterocycles. The standard InChI is InChI=1S/C11H12N2O/c14-8-2-1-3-9-4-6-12-11-10(9)5-7-13-11/h1,3-7,14H,2,8H2,(H,12,13). The lowest BCUT2D eigenvalue weighted by Crippen LogP contribution is -1.80. The summed E-state index contributed by atoms with van der Waals surface area (Å²) in [7, 11) is 0. The van der Waals surface area contributed by atoms with Gasteiger partial charge >= 0.3 is 0 Å². The maximum absolute atomic E-state index is 8.65. The van der Waals surface area contributed by atoms with Gasteiger partial charge in [0.25, 0.3) is 0 Å². The molecule has 0 aromatic carbocycles. The van der Waals surface area contributed by atoms with Crippen molar-refractivity contribution in [2.45, 2.75) is 6.42 Å². The molecule has 0 amide bonds. The van der Waals surface area contributed by atoms with Gasteiger partial charge in [0, 0.05) is 24.4 Å². The second-order valence-electron chi connectivity index (χ2n) is 3.05. The first-order chi connectivity index (χ1) is 6.92. The number of hydrogen-bond acceptors (Lipinski definition) is 2. The summed E-state index contributed by atoms with van der Waals surface area (Å²) < 4.78 is 0. The lowest BCUT2D eigenvalue weighted by atomic mass is 10.1. The van der Waals surface area contributed by atoms with Crippen molar-refractivity contribution in [2.75, 3.05) is 6.61 Å². The van der Waals surface area contributed by atoms with Gasteiger partial charge in [-0.05, 0) is 24.1 Å². The van der Waals surface area contributed by atoms with E-state index in [0.717, 1.165) is 16.6 Å². The van der Waals surface area contributed by atoms with Gasteiger partial charge < -0.3 is 10.1 Å². The van der Waals surface area contributed by atoms with E-state index in [1.807, 2.05) is 30.5 Å². The van der Waals surface area contributed by atoms with E-state index in [4.69, 9.17) is 5.11 Å². The third kappa shape index (κ3) is 1.67. The molecule has 0 fully saturated rings. The van der Waals surface area contributed by atoms with E-state index < -0.39 is 0 Å². The van der Waals surface area contributed by atoms with Crippen LogP contribution in [0.25, 0.3) is 17.1 Å². The number of aliphatic hydroxyl groups excluding tert-OH is 1. The van der Waals surface area contributed by atoms with E-state index >= 15 is 0 Å². The van der Waals surface area contributed by atoms with Crippen molar-refractivity contribution in [2.24, 2.45) is 0 Å². The first-order valence-electron chi connectivity index (χ1n) is 4.61. The Balaban J connectivity index is 2.36. The Kier molecular flexibility index (Phi) is 2.60. The van der Waals surface area contributed by atoms with E-state index in [-0.39, 0.29) is 6.61 Å². The van der Waals surface area contributed by atoms with Crippen LogP contribution in [0.3, 0.4) is 0 Å². The molecule has 0 saturated heterocycles. The van der Waals surface area contributed by atoms with E-state index in [0.29, 0.717) is 6.42 Å². The first-order valence-corrected chi connectivity index (χ1v) is 4.61. The van der Waals surface area contributed by atoms with Gasteiger partial charge in [0.2, 0.25) is 0 Å². The minimum absolute atomic E-state index is 0.192. The second kappa shape index (κ2) is 4.07. The molecule has 0 atom stereocenters. The number of H-pyrrole nitrogens is 1. The van der Waals surface area contributed by atoms with Crippen molar-refractivity contribution < 1.29 is 5.11 Å². The van der Waals surface area contributed by atoms with Gasteiger partial charge in [0.15, 0.2) is 0 Å². The highest BCUT2D eigenvalue weighted by Gasteiger charge is 1.98. The molecule has 0 bridgehead atoms. The van der Waals surface area contributed by atoms with Crippen LogP contribution in [0.4, 0.5) is 0 Å². The molecule has 0 radical (unpaired) electrons. The zero-order valence-corrected chi connectivity index (χ0v) is 7.77. The molecular formula is C11H12N2O. The molecule has 3 heteroatoms. The van der Waals surface area contributed by atoms with Gasteiger partial charge in [-0.25, -0.2) is 4.98 Å². The minimum Gasteiger partial charge on any atom is -0.396 e. The summed E-state index contributed by atoms with van der Waals surface area (Å²) in [6, 6.07) is 3.96. The number of pyridine rings is 1. The van der Waals surface area contributed by atoms with Crippen LogP contribution < -0.4 is 0 Å². The molecule has 0 spiro atoms. The maximum atomic E-state index is 8.65. The number of fused-ring (bicyclic) bond motifs is 1. The molecule has 2 aromatic rings. The number of aliphatic hydroxyl groups is 1. The molecule has 72 valence electrons. The van der Waals surface area contributed by atoms with Gasteiger partial charge in [-0.3, -0.25) is 0 Å². The number of aromatic amines is 1. The third-order valence-corrected chi connectivity index (χ3v) is 2.09. The number of aromatic nitrogens is 2. The maximum Gasteiger partial charge on any atom is 0.137 e. The quantitative estimate of drug-likeness (QED) is 0.773. The topological polar surface area (TPSA) is 48.9 Å². The summed E-state index contributed by atoms with van der Waals surface area (Å²) in [6.07, 6.45) is 8.31. The molecular weight excluding hydrogens is 176 g/mol. The molecule has 0 aliphatic carbocycles. The smallest absolute Gasteiger partial charge is 0.137 e. The fraction of sp³-hybridized carbons (Fsp3) is 0.182. The summed E-state index contributed by atoms with van der Waals surface area (Å²) in [5.41, 5.74) is 2.03. The fourth-order valence-corrected chi connectivity index (χ4v) is 1.41. The van der Waals surface area contributed by atoms with Crippen LogP contribution in [0.1, 0.15) is 12.0 Å². The summed E-state index contributed by atoms with van der Waals surface area (Å²) in [5, 5.41) is 9.76. The Labute approximate surface area is 82.1 Å². The fourth-order valence-electron chi connectivity index (χ4n) is 1.41. The Bertz CT molecular complexity index is 445. The monoisotopic (exact) mass is 188 g/mol. The lowest BCUT2D eigenvalue weighted by molar-refractivity contribution is 0.303. The largest absolute Gasteiger partial charge is 0.396 e. The molecule has 0 unspecified atom stereocenters. The highest BCUT2D eigenvalue weighted by molar-refractivity contribution is 5.85. The normalized spacial score (nSPS) is 11.5. The number of hydrogen-bond donors (Lipinski definition) is 2. The summed E-state index contributed by atoms with van der Waals surface area (Å²) in [5.74, 6) is 0. The minimum atomic E-state index is 0.192. The summed E-state index contributed by atoms with van der Waals surface area (Å²) in [4.78, 5) is 7.25. The van der Waals surface area contributed by atoms with Crippen LogP contribution in [0, 0.1) is 0 Å². The predicted octanol–water partition coefficient (Wildman–Crippen LogP) is 1.96. The van der Waals surface area contributed by atoms with Crippen molar-refractivity contribution in [1.29, 1.82) is 0 Å². The molecule has 2 rings (SSSR count). The Morgan fingerprint density at radius 2 is 2.36 bits per heavy atom. The van der Waals surface area contributed by atoms with Gasteiger partial charge in [0.1, 0.15) is 5.65 Å². The van der Waals surface area contributed by atoms with E-state index in [1.54, 1.807) is 6.20 Å². The zero-order valence-electron chi connectivity index (χ0n) is 7.77. The Hall–Kier alpha value is -1.61. The van der Waals surface area contributed by atoms with Crippen LogP contribution >= 0.6 is 0 Å². The molecule has 3 nitrogen and oxygen atoms in total. The van der Waals surface area contributed by atoms with Crippen LogP contribution in [-0.4, -0.2) is 21.7 Å². The van der Waals surface area contributed by atoms with Crippen molar-refractivity contribution in [3.05, 3.63) is 36.2 Å². The predicted molar refractivity (Wildman–Crippen MR) is 56.8 cm³/mol. The average molecular weight is 188 g/mol. The number of nitrogens with one attached hydrogen (secondary N) is 1. The van der Waals surface area contributed by atoms with Crippen molar-refractivity contribution in [3.8, 4) is 0 Å². The van der Waals surface area contributed by atoms with Gasteiger partial charge in [0.05, 0.1) is 0 Å². The molecule has 0 aliphatic rings. The molecule has 2 aromatic heterocycles. The Morgan fingerprint density at radius 1 is 1.43 bits per heavy atom. The van der Waals surface area contributed by atoms with Gasteiger partial charge in [-0.15, -0.1) is 0 Å².